The molecule has 0 spiro atoms. The standard InChI is InChI=1S/C14H17BrN2/c1-17(2)10-5-3-9-4-6-13-14(11(9)7-10)12(15)8-16-13/h4,6,8,10,16H,3,5,7H2,1-2H3. The third kappa shape index (κ3) is 1.81. The van der Waals surface area contributed by atoms with Gasteiger partial charge in [-0.15, -0.1) is 0 Å². The molecule has 2 aromatic rings. The molecular formula is C14H17BrN2. The zero-order chi connectivity index (χ0) is 12.0. The second-order valence-corrected chi connectivity index (χ2v) is 5.98. The number of rotatable bonds is 1. The summed E-state index contributed by atoms with van der Waals surface area (Å²) in [6.07, 6.45) is 5.68. The molecule has 3 rings (SSSR count). The van der Waals surface area contributed by atoms with E-state index in [1.165, 1.54) is 39.3 Å². The molecule has 1 unspecified atom stereocenters. The highest BCUT2D eigenvalue weighted by molar-refractivity contribution is 9.10. The zero-order valence-electron chi connectivity index (χ0n) is 10.3. The number of aromatic nitrogens is 1. The Bertz CT molecular complexity index is 557. The number of aromatic amines is 1. The van der Waals surface area contributed by atoms with Crippen molar-refractivity contribution in [1.29, 1.82) is 0 Å². The van der Waals surface area contributed by atoms with Gasteiger partial charge in [0.05, 0.1) is 0 Å². The van der Waals surface area contributed by atoms with Crippen LogP contribution >= 0.6 is 15.9 Å². The predicted molar refractivity (Wildman–Crippen MR) is 75.5 cm³/mol. The smallest absolute Gasteiger partial charge is 0.0468 e. The van der Waals surface area contributed by atoms with Crippen LogP contribution in [0.4, 0.5) is 0 Å². The Balaban J connectivity index is 2.15. The van der Waals surface area contributed by atoms with E-state index < -0.39 is 0 Å². The van der Waals surface area contributed by atoms with Crippen LogP contribution in [-0.4, -0.2) is 30.0 Å². The van der Waals surface area contributed by atoms with Crippen LogP contribution in [0.15, 0.2) is 22.8 Å². The lowest BCUT2D eigenvalue weighted by Crippen LogP contribution is -2.33. The number of halogens is 1. The van der Waals surface area contributed by atoms with Gasteiger partial charge in [0.2, 0.25) is 0 Å². The molecule has 1 atom stereocenters. The average molecular weight is 293 g/mol. The predicted octanol–water partition coefficient (Wildman–Crippen LogP) is 3.35. The van der Waals surface area contributed by atoms with E-state index in [2.05, 4.69) is 52.0 Å². The van der Waals surface area contributed by atoms with Crippen LogP contribution in [0.1, 0.15) is 17.5 Å². The number of H-pyrrole nitrogens is 1. The molecule has 0 saturated heterocycles. The molecular weight excluding hydrogens is 276 g/mol. The van der Waals surface area contributed by atoms with Crippen molar-refractivity contribution in [3.05, 3.63) is 33.9 Å². The maximum Gasteiger partial charge on any atom is 0.0468 e. The van der Waals surface area contributed by atoms with Crippen LogP contribution in [0, 0.1) is 0 Å². The van der Waals surface area contributed by atoms with Gasteiger partial charge in [0, 0.05) is 27.6 Å². The highest BCUT2D eigenvalue weighted by atomic mass is 79.9. The first kappa shape index (κ1) is 11.3. The summed E-state index contributed by atoms with van der Waals surface area (Å²) < 4.78 is 1.20. The molecule has 1 aromatic heterocycles. The molecule has 0 bridgehead atoms. The number of benzene rings is 1. The van der Waals surface area contributed by atoms with E-state index in [9.17, 15) is 0 Å². The van der Waals surface area contributed by atoms with Crippen LogP contribution in [0.5, 0.6) is 0 Å². The molecule has 1 aliphatic rings. The molecule has 17 heavy (non-hydrogen) atoms. The molecule has 2 nitrogen and oxygen atoms in total. The molecule has 0 aliphatic heterocycles. The largest absolute Gasteiger partial charge is 0.360 e. The van der Waals surface area contributed by atoms with Gasteiger partial charge in [-0.3, -0.25) is 0 Å². The number of hydrogen-bond donors (Lipinski definition) is 1. The van der Waals surface area contributed by atoms with Gasteiger partial charge in [-0.1, -0.05) is 6.07 Å². The van der Waals surface area contributed by atoms with E-state index in [0.717, 1.165) is 6.42 Å². The van der Waals surface area contributed by atoms with Gasteiger partial charge in [-0.05, 0) is 66.5 Å². The van der Waals surface area contributed by atoms with E-state index in [1.54, 1.807) is 0 Å². The summed E-state index contributed by atoms with van der Waals surface area (Å²) in [5, 5.41) is 1.38. The van der Waals surface area contributed by atoms with Crippen LogP contribution in [0.3, 0.4) is 0 Å². The van der Waals surface area contributed by atoms with Gasteiger partial charge < -0.3 is 9.88 Å². The lowest BCUT2D eigenvalue weighted by atomic mass is 9.86. The van der Waals surface area contributed by atoms with Crippen molar-refractivity contribution in [3.8, 4) is 0 Å². The summed E-state index contributed by atoms with van der Waals surface area (Å²) in [4.78, 5) is 5.67. The fourth-order valence-electron chi connectivity index (χ4n) is 2.87. The Hall–Kier alpha value is -0.800. The van der Waals surface area contributed by atoms with E-state index in [4.69, 9.17) is 0 Å². The molecule has 1 aromatic carbocycles. The van der Waals surface area contributed by atoms with Crippen molar-refractivity contribution in [2.75, 3.05) is 14.1 Å². The lowest BCUT2D eigenvalue weighted by Gasteiger charge is -2.30. The van der Waals surface area contributed by atoms with Gasteiger partial charge in [-0.2, -0.15) is 0 Å². The van der Waals surface area contributed by atoms with Crippen molar-refractivity contribution < 1.29 is 0 Å². The first-order valence-electron chi connectivity index (χ1n) is 6.10. The highest BCUT2D eigenvalue weighted by Crippen LogP contribution is 2.34. The van der Waals surface area contributed by atoms with Crippen molar-refractivity contribution >= 4 is 26.8 Å². The first-order chi connectivity index (χ1) is 8.16. The Kier molecular flexibility index (Phi) is 2.75. The number of nitrogens with zero attached hydrogens (tertiary/aromatic N) is 1. The molecule has 0 fully saturated rings. The normalized spacial score (nSPS) is 19.9. The fourth-order valence-corrected chi connectivity index (χ4v) is 3.43. The Morgan fingerprint density at radius 3 is 2.94 bits per heavy atom. The molecule has 1 aliphatic carbocycles. The van der Waals surface area contributed by atoms with Crippen LogP contribution in [0.25, 0.3) is 10.9 Å². The molecule has 1 heterocycles. The molecule has 0 radical (unpaired) electrons. The summed E-state index contributed by atoms with van der Waals surface area (Å²) in [6.45, 7) is 0. The number of nitrogens with one attached hydrogen (secondary N) is 1. The van der Waals surface area contributed by atoms with Gasteiger partial charge >= 0.3 is 0 Å². The summed E-state index contributed by atoms with van der Waals surface area (Å²) in [6, 6.07) is 5.16. The topological polar surface area (TPSA) is 19.0 Å². The van der Waals surface area contributed by atoms with Gasteiger partial charge in [0.25, 0.3) is 0 Å². The number of aryl methyl sites for hydroxylation is 1. The van der Waals surface area contributed by atoms with Gasteiger partial charge in [-0.25, -0.2) is 0 Å². The molecule has 0 amide bonds. The minimum Gasteiger partial charge on any atom is -0.360 e. The highest BCUT2D eigenvalue weighted by Gasteiger charge is 2.22. The molecule has 0 saturated carbocycles. The van der Waals surface area contributed by atoms with Crippen LogP contribution < -0.4 is 0 Å². The second kappa shape index (κ2) is 4.14. The zero-order valence-corrected chi connectivity index (χ0v) is 11.8. The van der Waals surface area contributed by atoms with Crippen molar-refractivity contribution in [1.82, 2.24) is 9.88 Å². The Morgan fingerprint density at radius 1 is 1.35 bits per heavy atom. The van der Waals surface area contributed by atoms with Gasteiger partial charge in [0.15, 0.2) is 0 Å². The van der Waals surface area contributed by atoms with Crippen molar-refractivity contribution in [2.24, 2.45) is 0 Å². The molecule has 90 valence electrons. The molecule has 1 N–H and O–H groups in total. The maximum atomic E-state index is 3.66. The average Bonchev–Trinajstić information content (AvgIpc) is 2.70. The molecule has 3 heteroatoms. The monoisotopic (exact) mass is 292 g/mol. The van der Waals surface area contributed by atoms with Gasteiger partial charge in [0.1, 0.15) is 0 Å². The summed E-state index contributed by atoms with van der Waals surface area (Å²) in [5.41, 5.74) is 4.30. The minimum atomic E-state index is 0.676. The van der Waals surface area contributed by atoms with E-state index in [-0.39, 0.29) is 0 Å². The Labute approximate surface area is 110 Å². The summed E-state index contributed by atoms with van der Waals surface area (Å²) >= 11 is 3.66. The van der Waals surface area contributed by atoms with E-state index in [1.807, 2.05) is 6.20 Å². The SMILES string of the molecule is CN(C)C1CCc2ccc3[nH]cc(Br)c3c2C1. The quantitative estimate of drug-likeness (QED) is 0.854. The van der Waals surface area contributed by atoms with Crippen LogP contribution in [0.2, 0.25) is 0 Å². The third-order valence-electron chi connectivity index (χ3n) is 3.92. The Morgan fingerprint density at radius 2 is 2.18 bits per heavy atom. The first-order valence-corrected chi connectivity index (χ1v) is 6.90. The van der Waals surface area contributed by atoms with Crippen LogP contribution in [-0.2, 0) is 12.8 Å². The fraction of sp³-hybridized carbons (Fsp3) is 0.429. The third-order valence-corrected chi connectivity index (χ3v) is 4.55. The maximum absolute atomic E-state index is 3.66. The number of hydrogen-bond acceptors (Lipinski definition) is 1. The number of fused-ring (bicyclic) bond motifs is 3. The minimum absolute atomic E-state index is 0.676. The van der Waals surface area contributed by atoms with Crippen molar-refractivity contribution in [3.63, 3.8) is 0 Å². The summed E-state index contributed by atoms with van der Waals surface area (Å²) in [5.74, 6) is 0. The van der Waals surface area contributed by atoms with E-state index in [0.29, 0.717) is 6.04 Å². The number of likely N-dealkylation sites (N-methyl/N-ethyl adjacent to an activating group) is 1. The second-order valence-electron chi connectivity index (χ2n) is 5.12. The lowest BCUT2D eigenvalue weighted by molar-refractivity contribution is 0.269. The van der Waals surface area contributed by atoms with Crippen molar-refractivity contribution in [2.45, 2.75) is 25.3 Å². The van der Waals surface area contributed by atoms with E-state index >= 15 is 0 Å². The summed E-state index contributed by atoms with van der Waals surface area (Å²) in [7, 11) is 4.37.